The van der Waals surface area contributed by atoms with Crippen molar-refractivity contribution in [3.8, 4) is 0 Å². The third kappa shape index (κ3) is 4.58. The van der Waals surface area contributed by atoms with Crippen molar-refractivity contribution in [3.05, 3.63) is 29.0 Å². The van der Waals surface area contributed by atoms with Gasteiger partial charge in [-0.05, 0) is 32.0 Å². The first-order valence-corrected chi connectivity index (χ1v) is 8.32. The highest BCUT2D eigenvalue weighted by Crippen LogP contribution is 2.18. The van der Waals surface area contributed by atoms with Crippen molar-refractivity contribution in [3.63, 3.8) is 0 Å². The molecule has 0 saturated carbocycles. The first-order chi connectivity index (χ1) is 11.4. The van der Waals surface area contributed by atoms with Crippen molar-refractivity contribution < 1.29 is 23.6 Å². The molecule has 6 nitrogen and oxygen atoms in total. The van der Waals surface area contributed by atoms with Gasteiger partial charge in [-0.1, -0.05) is 11.6 Å². The summed E-state index contributed by atoms with van der Waals surface area (Å²) in [4.78, 5) is 26.7. The number of quaternary nitrogens is 1. The van der Waals surface area contributed by atoms with Crippen LogP contribution in [-0.2, 0) is 9.53 Å². The van der Waals surface area contributed by atoms with Gasteiger partial charge in [0.15, 0.2) is 6.04 Å². The van der Waals surface area contributed by atoms with Crippen LogP contribution in [0.1, 0.15) is 13.8 Å². The Bertz CT molecular complexity index is 606. The highest BCUT2D eigenvalue weighted by molar-refractivity contribution is 6.30. The van der Waals surface area contributed by atoms with E-state index in [0.717, 1.165) is 11.0 Å². The molecule has 1 heterocycles. The quantitative estimate of drug-likeness (QED) is 0.849. The van der Waals surface area contributed by atoms with E-state index < -0.39 is 5.82 Å². The fraction of sp³-hybridized carbons (Fsp3) is 0.500. The smallest absolute Gasteiger partial charge is 0.410 e. The molecule has 2 rings (SSSR count). The van der Waals surface area contributed by atoms with Crippen LogP contribution in [0.15, 0.2) is 18.2 Å². The third-order valence-corrected chi connectivity index (χ3v) is 4.36. The Hall–Kier alpha value is -1.86. The zero-order chi connectivity index (χ0) is 17.7. The molecule has 0 radical (unpaired) electrons. The number of nitrogens with one attached hydrogen (secondary N) is 2. The van der Waals surface area contributed by atoms with E-state index in [1.54, 1.807) is 18.7 Å². The van der Waals surface area contributed by atoms with Crippen LogP contribution in [0.2, 0.25) is 5.02 Å². The predicted molar refractivity (Wildman–Crippen MR) is 88.8 cm³/mol. The molecular formula is C16H22ClFN3O3+. The van der Waals surface area contributed by atoms with Gasteiger partial charge in [0.2, 0.25) is 0 Å². The molecule has 2 amide bonds. The maximum absolute atomic E-state index is 13.8. The van der Waals surface area contributed by atoms with Crippen LogP contribution in [0.3, 0.4) is 0 Å². The van der Waals surface area contributed by atoms with Crippen LogP contribution in [0.4, 0.5) is 14.9 Å². The Kier molecular flexibility index (Phi) is 6.39. The number of hydrogen-bond acceptors (Lipinski definition) is 3. The maximum Gasteiger partial charge on any atom is 0.410 e. The molecule has 0 spiro atoms. The first-order valence-electron chi connectivity index (χ1n) is 7.94. The number of halogens is 2. The molecule has 8 heteroatoms. The van der Waals surface area contributed by atoms with Crippen molar-refractivity contribution in [2.45, 2.75) is 19.9 Å². The fourth-order valence-electron chi connectivity index (χ4n) is 2.64. The molecule has 0 aromatic heterocycles. The van der Waals surface area contributed by atoms with Gasteiger partial charge in [0.25, 0.3) is 5.91 Å². The summed E-state index contributed by atoms with van der Waals surface area (Å²) in [6.45, 7) is 6.23. The fourth-order valence-corrected chi connectivity index (χ4v) is 2.80. The normalized spacial score (nSPS) is 16.6. The highest BCUT2D eigenvalue weighted by Gasteiger charge is 2.31. The molecular weight excluding hydrogens is 337 g/mol. The van der Waals surface area contributed by atoms with Crippen molar-refractivity contribution in [1.82, 2.24) is 4.90 Å². The lowest BCUT2D eigenvalue weighted by Gasteiger charge is -2.34. The summed E-state index contributed by atoms with van der Waals surface area (Å²) in [7, 11) is 0. The van der Waals surface area contributed by atoms with E-state index in [9.17, 15) is 14.0 Å². The Morgan fingerprint density at radius 2 is 2.08 bits per heavy atom. The number of nitrogens with zero attached hydrogens (tertiary/aromatic N) is 1. The van der Waals surface area contributed by atoms with Gasteiger partial charge >= 0.3 is 6.09 Å². The van der Waals surface area contributed by atoms with Crippen LogP contribution in [0, 0.1) is 5.82 Å². The standard InChI is InChI=1S/C16H21ClFN3O3/c1-3-24-16(23)21-8-6-20(7-9-21)11(2)15(22)19-14-5-4-12(17)10-13(14)18/h4-5,10-11H,3,6-9H2,1-2H3,(H,19,22)/p+1/t11-/m0/s1. The van der Waals surface area contributed by atoms with Gasteiger partial charge in [-0.15, -0.1) is 0 Å². The summed E-state index contributed by atoms with van der Waals surface area (Å²) in [5, 5.41) is 2.87. The SMILES string of the molecule is CCOC(=O)N1CC[NH+]([C@@H](C)C(=O)Nc2ccc(Cl)cc2F)CC1. The van der Waals surface area contributed by atoms with E-state index in [0.29, 0.717) is 32.8 Å². The van der Waals surface area contributed by atoms with Crippen LogP contribution in [0.5, 0.6) is 0 Å². The minimum Gasteiger partial charge on any atom is -0.450 e. The van der Waals surface area contributed by atoms with Crippen LogP contribution in [0.25, 0.3) is 0 Å². The average Bonchev–Trinajstić information content (AvgIpc) is 2.57. The number of piperazine rings is 1. The molecule has 2 N–H and O–H groups in total. The van der Waals surface area contributed by atoms with E-state index in [4.69, 9.17) is 16.3 Å². The third-order valence-electron chi connectivity index (χ3n) is 4.13. The lowest BCUT2D eigenvalue weighted by molar-refractivity contribution is -0.917. The van der Waals surface area contributed by atoms with Gasteiger partial charge in [0.05, 0.1) is 38.5 Å². The summed E-state index contributed by atoms with van der Waals surface area (Å²) in [5.74, 6) is -0.832. The molecule has 1 aliphatic heterocycles. The van der Waals surface area contributed by atoms with Gasteiger partial charge in [0, 0.05) is 5.02 Å². The molecule has 0 unspecified atom stereocenters. The molecule has 1 aliphatic rings. The van der Waals surface area contributed by atoms with E-state index >= 15 is 0 Å². The lowest BCUT2D eigenvalue weighted by Crippen LogP contribution is -3.19. The van der Waals surface area contributed by atoms with Gasteiger partial charge in [-0.2, -0.15) is 0 Å². The molecule has 132 valence electrons. The van der Waals surface area contributed by atoms with Crippen molar-refractivity contribution >= 4 is 29.3 Å². The van der Waals surface area contributed by atoms with E-state index in [1.165, 1.54) is 12.1 Å². The molecule has 24 heavy (non-hydrogen) atoms. The first kappa shape index (κ1) is 18.5. The summed E-state index contributed by atoms with van der Waals surface area (Å²) in [5.41, 5.74) is 0.112. The second-order valence-corrected chi connectivity index (χ2v) is 6.12. The second-order valence-electron chi connectivity index (χ2n) is 5.68. The number of rotatable bonds is 4. The number of ether oxygens (including phenoxy) is 1. The van der Waals surface area contributed by atoms with E-state index in [1.807, 2.05) is 0 Å². The highest BCUT2D eigenvalue weighted by atomic mass is 35.5. The summed E-state index contributed by atoms with van der Waals surface area (Å²) < 4.78 is 18.7. The molecule has 0 aliphatic carbocycles. The van der Waals surface area contributed by atoms with Gasteiger partial charge in [0.1, 0.15) is 5.82 Å². The topological polar surface area (TPSA) is 63.1 Å². The van der Waals surface area contributed by atoms with Crippen molar-refractivity contribution in [2.75, 3.05) is 38.1 Å². The summed E-state index contributed by atoms with van der Waals surface area (Å²) >= 11 is 5.70. The second kappa shape index (κ2) is 8.30. The van der Waals surface area contributed by atoms with Crippen LogP contribution < -0.4 is 10.2 Å². The Labute approximate surface area is 145 Å². The van der Waals surface area contributed by atoms with Crippen molar-refractivity contribution in [2.24, 2.45) is 0 Å². The van der Waals surface area contributed by atoms with Crippen LogP contribution in [-0.4, -0.2) is 55.7 Å². The minimum absolute atomic E-state index is 0.112. The number of carbonyl (C=O) groups is 2. The molecule has 1 aromatic rings. The number of hydrogen-bond donors (Lipinski definition) is 2. The zero-order valence-corrected chi connectivity index (χ0v) is 14.5. The Morgan fingerprint density at radius 1 is 1.42 bits per heavy atom. The minimum atomic E-state index is -0.565. The van der Waals surface area contributed by atoms with Crippen molar-refractivity contribution in [1.29, 1.82) is 0 Å². The average molecular weight is 359 g/mol. The molecule has 1 fully saturated rings. The molecule has 1 atom stereocenters. The molecule has 1 saturated heterocycles. The van der Waals surface area contributed by atoms with Gasteiger partial charge in [-0.3, -0.25) is 9.69 Å². The van der Waals surface area contributed by atoms with Crippen LogP contribution >= 0.6 is 11.6 Å². The van der Waals surface area contributed by atoms with E-state index in [2.05, 4.69) is 5.32 Å². The van der Waals surface area contributed by atoms with E-state index in [-0.39, 0.29) is 28.8 Å². The summed E-state index contributed by atoms with van der Waals surface area (Å²) in [6.07, 6.45) is -0.322. The summed E-state index contributed by atoms with van der Waals surface area (Å²) in [6, 6.07) is 3.77. The maximum atomic E-state index is 13.8. The zero-order valence-electron chi connectivity index (χ0n) is 13.8. The number of amides is 2. The number of carbonyl (C=O) groups excluding carboxylic acids is 2. The largest absolute Gasteiger partial charge is 0.450 e. The number of benzene rings is 1. The molecule has 0 bridgehead atoms. The van der Waals surface area contributed by atoms with Gasteiger partial charge in [-0.25, -0.2) is 9.18 Å². The van der Waals surface area contributed by atoms with Gasteiger partial charge < -0.3 is 15.0 Å². The Morgan fingerprint density at radius 3 is 2.67 bits per heavy atom. The number of anilines is 1. The Balaban J connectivity index is 1.89. The lowest BCUT2D eigenvalue weighted by atomic mass is 10.2. The predicted octanol–water partition coefficient (Wildman–Crippen LogP) is 1.16. The monoisotopic (exact) mass is 358 g/mol. The molecule has 1 aromatic carbocycles.